The lowest BCUT2D eigenvalue weighted by Gasteiger charge is -2.24. The summed E-state index contributed by atoms with van der Waals surface area (Å²) in [7, 11) is 1.91. The minimum atomic E-state index is 0.193. The van der Waals surface area contributed by atoms with Crippen molar-refractivity contribution in [2.45, 2.75) is 32.1 Å². The number of hydrogen-bond acceptors (Lipinski definition) is 3. The molecule has 1 saturated heterocycles. The van der Waals surface area contributed by atoms with E-state index in [2.05, 4.69) is 60.4 Å². The number of carbonyl (C=O) groups excluding carboxylic acids is 1. The SMILES string of the molecule is Cc1cccc(CSCC(=O)N(C)Cc2ccccc2N2CCCC2)c1. The third kappa shape index (κ3) is 5.04. The Kier molecular flexibility index (Phi) is 6.62. The molecule has 138 valence electrons. The van der Waals surface area contributed by atoms with Gasteiger partial charge in [0.1, 0.15) is 0 Å². The summed E-state index contributed by atoms with van der Waals surface area (Å²) in [5, 5.41) is 0. The average molecular weight is 369 g/mol. The van der Waals surface area contributed by atoms with Gasteiger partial charge in [0, 0.05) is 38.1 Å². The number of nitrogens with zero attached hydrogens (tertiary/aromatic N) is 2. The van der Waals surface area contributed by atoms with Gasteiger partial charge < -0.3 is 9.80 Å². The summed E-state index contributed by atoms with van der Waals surface area (Å²) >= 11 is 1.69. The van der Waals surface area contributed by atoms with E-state index in [9.17, 15) is 4.79 Å². The maximum absolute atomic E-state index is 12.5. The lowest BCUT2D eigenvalue weighted by atomic mass is 10.1. The molecule has 1 aliphatic heterocycles. The highest BCUT2D eigenvalue weighted by Gasteiger charge is 2.17. The van der Waals surface area contributed by atoms with Crippen LogP contribution in [0.25, 0.3) is 0 Å². The summed E-state index contributed by atoms with van der Waals surface area (Å²) in [6.45, 7) is 5.03. The van der Waals surface area contributed by atoms with Gasteiger partial charge in [0.25, 0.3) is 0 Å². The normalized spacial score (nSPS) is 13.8. The summed E-state index contributed by atoms with van der Waals surface area (Å²) in [6.07, 6.45) is 2.53. The highest BCUT2D eigenvalue weighted by Crippen LogP contribution is 2.25. The highest BCUT2D eigenvalue weighted by atomic mass is 32.2. The number of rotatable bonds is 7. The second kappa shape index (κ2) is 9.13. The molecule has 2 aromatic carbocycles. The van der Waals surface area contributed by atoms with Crippen LogP contribution < -0.4 is 4.90 Å². The third-order valence-corrected chi connectivity index (χ3v) is 5.84. The van der Waals surface area contributed by atoms with Crippen molar-refractivity contribution in [3.05, 3.63) is 65.2 Å². The highest BCUT2D eigenvalue weighted by molar-refractivity contribution is 7.99. The Bertz CT molecular complexity index is 740. The first-order chi connectivity index (χ1) is 12.6. The quantitative estimate of drug-likeness (QED) is 0.719. The number of anilines is 1. The molecule has 4 heteroatoms. The molecule has 0 atom stereocenters. The van der Waals surface area contributed by atoms with Crippen LogP contribution in [0.2, 0.25) is 0 Å². The first-order valence-corrected chi connectivity index (χ1v) is 10.5. The molecule has 26 heavy (non-hydrogen) atoms. The molecule has 0 aromatic heterocycles. The molecule has 1 fully saturated rings. The molecule has 1 amide bonds. The van der Waals surface area contributed by atoms with Crippen molar-refractivity contribution in [2.75, 3.05) is 30.8 Å². The van der Waals surface area contributed by atoms with Crippen molar-refractivity contribution < 1.29 is 4.79 Å². The van der Waals surface area contributed by atoms with Crippen molar-refractivity contribution in [1.82, 2.24) is 4.90 Å². The zero-order valence-electron chi connectivity index (χ0n) is 15.8. The van der Waals surface area contributed by atoms with Gasteiger partial charge in [0.15, 0.2) is 0 Å². The average Bonchev–Trinajstić information content (AvgIpc) is 3.16. The van der Waals surface area contributed by atoms with Gasteiger partial charge in [-0.15, -0.1) is 11.8 Å². The molecule has 0 aliphatic carbocycles. The number of thioether (sulfide) groups is 1. The van der Waals surface area contributed by atoms with E-state index in [1.54, 1.807) is 11.8 Å². The monoisotopic (exact) mass is 368 g/mol. The summed E-state index contributed by atoms with van der Waals surface area (Å²) < 4.78 is 0. The van der Waals surface area contributed by atoms with Gasteiger partial charge in [-0.1, -0.05) is 48.0 Å². The van der Waals surface area contributed by atoms with Crippen LogP contribution in [0.4, 0.5) is 5.69 Å². The second-order valence-corrected chi connectivity index (χ2v) is 8.04. The van der Waals surface area contributed by atoms with E-state index in [0.717, 1.165) is 18.8 Å². The molecule has 0 saturated carbocycles. The molecule has 1 heterocycles. The lowest BCUT2D eigenvalue weighted by molar-refractivity contribution is -0.127. The summed E-state index contributed by atoms with van der Waals surface area (Å²) in [6, 6.07) is 17.0. The Balaban J connectivity index is 1.53. The molecule has 0 unspecified atom stereocenters. The van der Waals surface area contributed by atoms with Gasteiger partial charge in [0.2, 0.25) is 5.91 Å². The van der Waals surface area contributed by atoms with Crippen molar-refractivity contribution in [1.29, 1.82) is 0 Å². The number of para-hydroxylation sites is 1. The predicted molar refractivity (Wildman–Crippen MR) is 112 cm³/mol. The number of benzene rings is 2. The zero-order chi connectivity index (χ0) is 18.4. The number of carbonyl (C=O) groups is 1. The standard InChI is InChI=1S/C22H28N2OS/c1-18-8-7-9-19(14-18)16-26-17-22(25)23(2)15-20-10-3-4-11-21(20)24-12-5-6-13-24/h3-4,7-11,14H,5-6,12-13,15-17H2,1-2H3. The molecule has 0 bridgehead atoms. The van der Waals surface area contributed by atoms with Crippen LogP contribution in [-0.4, -0.2) is 36.7 Å². The predicted octanol–water partition coefficient (Wildman–Crippen LogP) is 4.49. The topological polar surface area (TPSA) is 23.6 Å². The summed E-state index contributed by atoms with van der Waals surface area (Å²) in [4.78, 5) is 16.8. The maximum atomic E-state index is 12.5. The molecule has 0 radical (unpaired) electrons. The van der Waals surface area contributed by atoms with E-state index in [1.807, 2.05) is 11.9 Å². The molecular formula is C22H28N2OS. The first kappa shape index (κ1) is 18.8. The Morgan fingerprint density at radius 2 is 1.88 bits per heavy atom. The molecular weight excluding hydrogens is 340 g/mol. The van der Waals surface area contributed by atoms with Crippen LogP contribution in [0.3, 0.4) is 0 Å². The van der Waals surface area contributed by atoms with E-state index < -0.39 is 0 Å². The van der Waals surface area contributed by atoms with Crippen molar-refractivity contribution >= 4 is 23.4 Å². The van der Waals surface area contributed by atoms with Crippen molar-refractivity contribution in [3.8, 4) is 0 Å². The minimum absolute atomic E-state index is 0.193. The van der Waals surface area contributed by atoms with Gasteiger partial charge in [0.05, 0.1) is 5.75 Å². The Labute approximate surface area is 161 Å². The fourth-order valence-corrected chi connectivity index (χ4v) is 4.34. The van der Waals surface area contributed by atoms with Gasteiger partial charge in [-0.2, -0.15) is 0 Å². The van der Waals surface area contributed by atoms with Gasteiger partial charge in [-0.05, 0) is 37.0 Å². The van der Waals surface area contributed by atoms with Crippen molar-refractivity contribution in [2.24, 2.45) is 0 Å². The summed E-state index contributed by atoms with van der Waals surface area (Å²) in [5.74, 6) is 1.60. The fourth-order valence-electron chi connectivity index (χ4n) is 3.42. The molecule has 3 rings (SSSR count). The van der Waals surface area contributed by atoms with Crippen molar-refractivity contribution in [3.63, 3.8) is 0 Å². The fraction of sp³-hybridized carbons (Fsp3) is 0.409. The van der Waals surface area contributed by atoms with Crippen LogP contribution in [0.5, 0.6) is 0 Å². The summed E-state index contributed by atoms with van der Waals surface area (Å²) in [5.41, 5.74) is 5.08. The maximum Gasteiger partial charge on any atom is 0.232 e. The smallest absolute Gasteiger partial charge is 0.232 e. The Morgan fingerprint density at radius 1 is 1.12 bits per heavy atom. The molecule has 3 nitrogen and oxygen atoms in total. The van der Waals surface area contributed by atoms with E-state index in [1.165, 1.54) is 35.2 Å². The zero-order valence-corrected chi connectivity index (χ0v) is 16.6. The number of aryl methyl sites for hydroxylation is 1. The second-order valence-electron chi connectivity index (χ2n) is 7.05. The van der Waals surface area contributed by atoms with Gasteiger partial charge in [-0.25, -0.2) is 0 Å². The molecule has 0 spiro atoms. The van der Waals surface area contributed by atoms with Gasteiger partial charge in [-0.3, -0.25) is 4.79 Å². The van der Waals surface area contributed by atoms with Crippen LogP contribution in [0, 0.1) is 6.92 Å². The molecule has 2 aromatic rings. The van der Waals surface area contributed by atoms with Crippen LogP contribution in [0.1, 0.15) is 29.5 Å². The molecule has 0 N–H and O–H groups in total. The Hall–Kier alpha value is -1.94. The third-order valence-electron chi connectivity index (χ3n) is 4.85. The van der Waals surface area contributed by atoms with E-state index >= 15 is 0 Å². The first-order valence-electron chi connectivity index (χ1n) is 9.33. The minimum Gasteiger partial charge on any atom is -0.371 e. The van der Waals surface area contributed by atoms with Crippen LogP contribution in [-0.2, 0) is 17.1 Å². The number of amides is 1. The van der Waals surface area contributed by atoms with Crippen LogP contribution >= 0.6 is 11.8 Å². The number of hydrogen-bond donors (Lipinski definition) is 0. The van der Waals surface area contributed by atoms with Crippen LogP contribution in [0.15, 0.2) is 48.5 Å². The lowest BCUT2D eigenvalue weighted by Crippen LogP contribution is -2.29. The van der Waals surface area contributed by atoms with E-state index in [0.29, 0.717) is 12.3 Å². The Morgan fingerprint density at radius 3 is 2.65 bits per heavy atom. The largest absolute Gasteiger partial charge is 0.371 e. The van der Waals surface area contributed by atoms with E-state index in [4.69, 9.17) is 0 Å². The molecule has 1 aliphatic rings. The van der Waals surface area contributed by atoms with E-state index in [-0.39, 0.29) is 5.91 Å². The van der Waals surface area contributed by atoms with Gasteiger partial charge >= 0.3 is 0 Å².